The van der Waals surface area contributed by atoms with Gasteiger partial charge in [-0.2, -0.15) is 0 Å². The summed E-state index contributed by atoms with van der Waals surface area (Å²) in [5.74, 6) is 0.794. The van der Waals surface area contributed by atoms with Crippen LogP contribution in [0, 0.1) is 6.92 Å². The first-order valence-electron chi connectivity index (χ1n) is 7.97. The second-order valence-corrected chi connectivity index (χ2v) is 6.15. The highest BCUT2D eigenvalue weighted by molar-refractivity contribution is 5.75. The Morgan fingerprint density at radius 2 is 2.16 bits per heavy atom. The van der Waals surface area contributed by atoms with Crippen LogP contribution in [0.15, 0.2) is 45.7 Å². The molecule has 8 heteroatoms. The summed E-state index contributed by atoms with van der Waals surface area (Å²) < 4.78 is 8.07. The number of rotatable bonds is 6. The van der Waals surface area contributed by atoms with Gasteiger partial charge in [-0.15, -0.1) is 5.10 Å². The molecule has 0 saturated carbocycles. The second kappa shape index (κ2) is 6.56. The summed E-state index contributed by atoms with van der Waals surface area (Å²) in [6.07, 6.45) is 1.71. The number of hydrogen-bond acceptors (Lipinski definition) is 5. The monoisotopic (exact) mass is 344 g/mol. The number of carbonyl (C=O) groups excluding carboxylic acids is 1. The zero-order chi connectivity index (χ0) is 18.0. The average Bonchev–Trinajstić information content (AvgIpc) is 3.16. The van der Waals surface area contributed by atoms with E-state index < -0.39 is 5.60 Å². The van der Waals surface area contributed by atoms with Gasteiger partial charge in [-0.05, 0) is 38.1 Å². The van der Waals surface area contributed by atoms with Crippen molar-refractivity contribution < 1.29 is 14.3 Å². The molecular weight excluding hydrogens is 324 g/mol. The first-order chi connectivity index (χ1) is 11.9. The summed E-state index contributed by atoms with van der Waals surface area (Å²) in [6, 6.07) is 8.68. The van der Waals surface area contributed by atoms with Gasteiger partial charge in [0.1, 0.15) is 17.1 Å². The Bertz CT molecular complexity index is 951. The minimum absolute atomic E-state index is 0.0127. The van der Waals surface area contributed by atoms with E-state index in [1.165, 1.54) is 9.08 Å². The maximum absolute atomic E-state index is 12.1. The standard InChI is InChI=1S/C17H20N4O4/c1-12-6-7-13(25-12)17(2,24)11-18-15(22)8-10-21-16(23)20-9-4-3-5-14(20)19-21/h3-7,9,24H,8,10-11H2,1-2H3,(H,18,22). The van der Waals surface area contributed by atoms with Crippen LogP contribution in [-0.4, -0.2) is 31.7 Å². The Kier molecular flexibility index (Phi) is 4.45. The molecule has 8 nitrogen and oxygen atoms in total. The molecule has 1 unspecified atom stereocenters. The molecule has 0 aliphatic heterocycles. The van der Waals surface area contributed by atoms with E-state index in [1.807, 2.05) is 0 Å². The highest BCUT2D eigenvalue weighted by atomic mass is 16.4. The average molecular weight is 344 g/mol. The zero-order valence-corrected chi connectivity index (χ0v) is 14.1. The molecule has 0 bridgehead atoms. The molecule has 0 radical (unpaired) electrons. The van der Waals surface area contributed by atoms with Gasteiger partial charge in [0.25, 0.3) is 0 Å². The van der Waals surface area contributed by atoms with E-state index >= 15 is 0 Å². The molecule has 1 atom stereocenters. The minimum atomic E-state index is -1.30. The van der Waals surface area contributed by atoms with Gasteiger partial charge in [0.05, 0.1) is 13.1 Å². The third-order valence-electron chi connectivity index (χ3n) is 3.94. The highest BCUT2D eigenvalue weighted by Gasteiger charge is 2.27. The van der Waals surface area contributed by atoms with Crippen molar-refractivity contribution in [3.8, 4) is 0 Å². The number of furan rings is 1. The van der Waals surface area contributed by atoms with Gasteiger partial charge in [0.2, 0.25) is 5.91 Å². The molecule has 1 amide bonds. The van der Waals surface area contributed by atoms with Gasteiger partial charge in [-0.3, -0.25) is 9.20 Å². The Labute approximate surface area is 143 Å². The lowest BCUT2D eigenvalue weighted by atomic mass is 10.0. The van der Waals surface area contributed by atoms with Crippen molar-refractivity contribution in [1.29, 1.82) is 0 Å². The Morgan fingerprint density at radius 3 is 2.84 bits per heavy atom. The molecule has 0 spiro atoms. The molecule has 3 rings (SSSR count). The van der Waals surface area contributed by atoms with Crippen LogP contribution in [0.2, 0.25) is 0 Å². The lowest BCUT2D eigenvalue weighted by Gasteiger charge is -2.21. The summed E-state index contributed by atoms with van der Waals surface area (Å²) in [5, 5.41) is 17.2. The number of fused-ring (bicyclic) bond motifs is 1. The molecule has 25 heavy (non-hydrogen) atoms. The van der Waals surface area contributed by atoms with Gasteiger partial charge < -0.3 is 14.8 Å². The molecule has 3 aromatic rings. The van der Waals surface area contributed by atoms with E-state index in [0.717, 1.165) is 0 Å². The Hall–Kier alpha value is -2.87. The Morgan fingerprint density at radius 1 is 1.36 bits per heavy atom. The molecular formula is C17H20N4O4. The molecule has 0 aliphatic carbocycles. The number of pyridine rings is 1. The fourth-order valence-corrected chi connectivity index (χ4v) is 2.49. The summed E-state index contributed by atoms with van der Waals surface area (Å²) >= 11 is 0. The highest BCUT2D eigenvalue weighted by Crippen LogP contribution is 2.21. The van der Waals surface area contributed by atoms with Crippen molar-refractivity contribution in [3.63, 3.8) is 0 Å². The van der Waals surface area contributed by atoms with Crippen LogP contribution >= 0.6 is 0 Å². The lowest BCUT2D eigenvalue weighted by Crippen LogP contribution is -2.39. The van der Waals surface area contributed by atoms with Crippen LogP contribution in [0.3, 0.4) is 0 Å². The number of aryl methyl sites for hydroxylation is 2. The number of aromatic nitrogens is 3. The minimum Gasteiger partial charge on any atom is -0.463 e. The lowest BCUT2D eigenvalue weighted by molar-refractivity contribution is -0.122. The van der Waals surface area contributed by atoms with E-state index in [2.05, 4.69) is 10.4 Å². The molecule has 0 aliphatic rings. The molecule has 132 valence electrons. The van der Waals surface area contributed by atoms with Crippen LogP contribution in [0.25, 0.3) is 5.65 Å². The van der Waals surface area contributed by atoms with Gasteiger partial charge in [-0.1, -0.05) is 6.07 Å². The summed E-state index contributed by atoms with van der Waals surface area (Å²) in [5.41, 5.74) is -1.06. The van der Waals surface area contributed by atoms with Crippen LogP contribution in [-0.2, 0) is 16.9 Å². The largest absolute Gasteiger partial charge is 0.463 e. The van der Waals surface area contributed by atoms with E-state index in [1.54, 1.807) is 50.4 Å². The number of aliphatic hydroxyl groups is 1. The van der Waals surface area contributed by atoms with Gasteiger partial charge in [0.15, 0.2) is 5.65 Å². The SMILES string of the molecule is Cc1ccc(C(C)(O)CNC(=O)CCn2nc3ccccn3c2=O)o1. The van der Waals surface area contributed by atoms with E-state index in [-0.39, 0.29) is 31.1 Å². The van der Waals surface area contributed by atoms with Crippen molar-refractivity contribution in [3.05, 3.63) is 58.5 Å². The zero-order valence-electron chi connectivity index (χ0n) is 14.1. The maximum Gasteiger partial charge on any atom is 0.350 e. The van der Waals surface area contributed by atoms with Crippen LogP contribution in [0.5, 0.6) is 0 Å². The molecule has 2 N–H and O–H groups in total. The van der Waals surface area contributed by atoms with Crippen molar-refractivity contribution >= 4 is 11.6 Å². The van der Waals surface area contributed by atoms with Gasteiger partial charge in [-0.25, -0.2) is 9.48 Å². The smallest absolute Gasteiger partial charge is 0.350 e. The molecule has 3 aromatic heterocycles. The third kappa shape index (κ3) is 3.63. The summed E-state index contributed by atoms with van der Waals surface area (Å²) in [7, 11) is 0. The van der Waals surface area contributed by atoms with E-state index in [0.29, 0.717) is 17.2 Å². The molecule has 0 saturated heterocycles. The molecule has 0 fully saturated rings. The third-order valence-corrected chi connectivity index (χ3v) is 3.94. The predicted octanol–water partition coefficient (Wildman–Crippen LogP) is 0.811. The van der Waals surface area contributed by atoms with Crippen LogP contribution < -0.4 is 11.0 Å². The quantitative estimate of drug-likeness (QED) is 0.689. The number of hydrogen-bond donors (Lipinski definition) is 2. The summed E-state index contributed by atoms with van der Waals surface area (Å²) in [6.45, 7) is 3.52. The van der Waals surface area contributed by atoms with Crippen LogP contribution in [0.1, 0.15) is 24.9 Å². The number of nitrogens with one attached hydrogen (secondary N) is 1. The van der Waals surface area contributed by atoms with Crippen LogP contribution in [0.4, 0.5) is 0 Å². The normalized spacial score (nSPS) is 13.7. The molecule has 3 heterocycles. The fraction of sp³-hybridized carbons (Fsp3) is 0.353. The van der Waals surface area contributed by atoms with Crippen molar-refractivity contribution in [2.24, 2.45) is 0 Å². The van der Waals surface area contributed by atoms with Gasteiger partial charge >= 0.3 is 5.69 Å². The van der Waals surface area contributed by atoms with Gasteiger partial charge in [0, 0.05) is 12.6 Å². The van der Waals surface area contributed by atoms with Crippen molar-refractivity contribution in [1.82, 2.24) is 19.5 Å². The van der Waals surface area contributed by atoms with E-state index in [4.69, 9.17) is 4.42 Å². The number of amides is 1. The fourth-order valence-electron chi connectivity index (χ4n) is 2.49. The molecule has 0 aromatic carbocycles. The number of nitrogens with zero attached hydrogens (tertiary/aromatic N) is 3. The van der Waals surface area contributed by atoms with E-state index in [9.17, 15) is 14.7 Å². The van der Waals surface area contributed by atoms with Crippen molar-refractivity contribution in [2.75, 3.05) is 6.54 Å². The maximum atomic E-state index is 12.1. The first kappa shape index (κ1) is 17.0. The topological polar surface area (TPSA) is 102 Å². The summed E-state index contributed by atoms with van der Waals surface area (Å²) in [4.78, 5) is 24.1. The number of carbonyl (C=O) groups is 1. The first-order valence-corrected chi connectivity index (χ1v) is 7.97. The van der Waals surface area contributed by atoms with Crippen molar-refractivity contribution in [2.45, 2.75) is 32.4 Å². The second-order valence-electron chi connectivity index (χ2n) is 6.15. The predicted molar refractivity (Wildman–Crippen MR) is 90.1 cm³/mol. The Balaban J connectivity index is 1.57.